The molecule has 1 unspecified atom stereocenters. The number of nitrogens with two attached hydrogens (primary N) is 1. The Morgan fingerprint density at radius 1 is 1.11 bits per heavy atom. The number of aliphatic hydroxyl groups is 1. The molecule has 4 aromatic rings. The number of fused-ring (bicyclic) bond motifs is 1. The van der Waals surface area contributed by atoms with Crippen molar-refractivity contribution in [2.24, 2.45) is 5.73 Å². The largest absolute Gasteiger partial charge is 0.492 e. The number of primary amides is 1. The lowest BCUT2D eigenvalue weighted by molar-refractivity contribution is -0.141. The summed E-state index contributed by atoms with van der Waals surface area (Å²) < 4.78 is 52.3. The molecule has 1 atom stereocenters. The van der Waals surface area contributed by atoms with Gasteiger partial charge in [-0.1, -0.05) is 35.9 Å². The molecule has 1 heterocycles. The normalized spacial score (nSPS) is 13.3. The molecule has 0 aliphatic heterocycles. The van der Waals surface area contributed by atoms with E-state index in [1.165, 1.54) is 42.6 Å². The third kappa shape index (κ3) is 5.55. The van der Waals surface area contributed by atoms with Crippen LogP contribution >= 0.6 is 11.6 Å². The van der Waals surface area contributed by atoms with Gasteiger partial charge in [-0.15, -0.1) is 0 Å². The molecule has 0 aliphatic rings. The van der Waals surface area contributed by atoms with Crippen molar-refractivity contribution in [1.29, 1.82) is 0 Å². The van der Waals surface area contributed by atoms with Gasteiger partial charge in [-0.2, -0.15) is 8.42 Å². The fourth-order valence-corrected chi connectivity index (χ4v) is 4.73. The highest BCUT2D eigenvalue weighted by Crippen LogP contribution is 2.33. The number of carbonyl (C=O) groups is 1. The van der Waals surface area contributed by atoms with E-state index in [0.29, 0.717) is 21.9 Å². The molecule has 0 spiro atoms. The number of nitrogens with zero attached hydrogens (tertiary/aromatic N) is 1. The maximum Gasteiger partial charge on any atom is 0.295 e. The monoisotopic (exact) mass is 545 g/mol. The molecule has 0 saturated carbocycles. The Hall–Kier alpha value is -3.61. The van der Waals surface area contributed by atoms with Gasteiger partial charge in [0.25, 0.3) is 16.0 Å². The maximum absolute atomic E-state index is 13.4. The second-order valence-corrected chi connectivity index (χ2v) is 9.81. The molecule has 37 heavy (non-hydrogen) atoms. The van der Waals surface area contributed by atoms with E-state index in [1.807, 2.05) is 0 Å². The smallest absolute Gasteiger partial charge is 0.295 e. The maximum atomic E-state index is 13.4. The van der Waals surface area contributed by atoms with Crippen LogP contribution in [-0.2, 0) is 20.6 Å². The third-order valence-electron chi connectivity index (χ3n) is 5.58. The van der Waals surface area contributed by atoms with Crippen molar-refractivity contribution in [3.8, 4) is 16.9 Å². The van der Waals surface area contributed by atoms with Gasteiger partial charge in [0.05, 0.1) is 0 Å². The van der Waals surface area contributed by atoms with Crippen molar-refractivity contribution in [2.45, 2.75) is 10.6 Å². The van der Waals surface area contributed by atoms with Crippen LogP contribution in [0.15, 0.2) is 77.8 Å². The molecule has 9 nitrogen and oxygen atoms in total. The molecule has 5 N–H and O–H groups in total. The molecule has 0 bridgehead atoms. The highest BCUT2D eigenvalue weighted by Gasteiger charge is 2.39. The molecular weight excluding hydrogens is 525 g/mol. The van der Waals surface area contributed by atoms with Gasteiger partial charge in [0.1, 0.15) is 28.8 Å². The summed E-state index contributed by atoms with van der Waals surface area (Å²) in [4.78, 5) is 16.0. The Balaban J connectivity index is 1.58. The van der Waals surface area contributed by atoms with Gasteiger partial charge in [-0.3, -0.25) is 19.6 Å². The van der Waals surface area contributed by atoms with E-state index in [-0.39, 0.29) is 29.6 Å². The highest BCUT2D eigenvalue weighted by molar-refractivity contribution is 7.86. The van der Waals surface area contributed by atoms with Crippen LogP contribution in [-0.4, -0.2) is 42.1 Å². The number of hydrogen-bond donors (Lipinski definition) is 4. The van der Waals surface area contributed by atoms with E-state index in [2.05, 4.69) is 10.3 Å². The standard InChI is InChI=1S/C25H21ClFN3O6S/c26-16-6-9-21(20(14-16)15-4-7-17(27)8-5-15)36-13-12-30-25(32,24(28)31)23-19-2-1-3-22(37(33,34)35)18(19)10-11-29-23/h1-11,14,30,32H,12-13H2,(H2,28,31)(H,33,34,35). The summed E-state index contributed by atoms with van der Waals surface area (Å²) in [5.74, 6) is -1.17. The number of aromatic nitrogens is 1. The number of halogens is 2. The molecule has 3 aromatic carbocycles. The second-order valence-electron chi connectivity index (χ2n) is 7.98. The first-order chi connectivity index (χ1) is 17.5. The first-order valence-corrected chi connectivity index (χ1v) is 12.6. The number of pyridine rings is 1. The van der Waals surface area contributed by atoms with E-state index in [4.69, 9.17) is 22.1 Å². The first-order valence-electron chi connectivity index (χ1n) is 10.8. The lowest BCUT2D eigenvalue weighted by Gasteiger charge is -2.27. The minimum Gasteiger partial charge on any atom is -0.492 e. The molecule has 0 aliphatic carbocycles. The van der Waals surface area contributed by atoms with Crippen molar-refractivity contribution in [3.63, 3.8) is 0 Å². The zero-order valence-electron chi connectivity index (χ0n) is 19.1. The molecule has 1 amide bonds. The molecule has 0 fully saturated rings. The zero-order valence-corrected chi connectivity index (χ0v) is 20.6. The third-order valence-corrected chi connectivity index (χ3v) is 6.73. The van der Waals surface area contributed by atoms with Crippen molar-refractivity contribution in [3.05, 3.63) is 89.5 Å². The Bertz CT molecular complexity index is 1580. The summed E-state index contributed by atoms with van der Waals surface area (Å²) in [5, 5.41) is 14.4. The molecule has 0 saturated heterocycles. The van der Waals surface area contributed by atoms with Gasteiger partial charge < -0.3 is 15.6 Å². The van der Waals surface area contributed by atoms with Gasteiger partial charge in [-0.25, -0.2) is 4.39 Å². The number of benzene rings is 3. The van der Waals surface area contributed by atoms with Gasteiger partial charge in [0.2, 0.25) is 5.72 Å². The SMILES string of the molecule is NC(=O)C(O)(NCCOc1ccc(Cl)cc1-c1ccc(F)cc1)c1nccc2c(S(=O)(=O)O)cccc12. The summed E-state index contributed by atoms with van der Waals surface area (Å²) in [6, 6.07) is 15.9. The summed E-state index contributed by atoms with van der Waals surface area (Å²) in [6.45, 7) is -0.145. The molecular formula is C25H21ClFN3O6S. The van der Waals surface area contributed by atoms with Crippen LogP contribution in [0.1, 0.15) is 5.69 Å². The van der Waals surface area contributed by atoms with Crippen molar-refractivity contribution in [2.75, 3.05) is 13.2 Å². The number of carbonyl (C=O) groups excluding carboxylic acids is 1. The van der Waals surface area contributed by atoms with E-state index < -0.39 is 32.5 Å². The van der Waals surface area contributed by atoms with Crippen LogP contribution in [0, 0.1) is 5.82 Å². The predicted octanol–water partition coefficient (Wildman–Crippen LogP) is 3.24. The van der Waals surface area contributed by atoms with Crippen LogP contribution in [0.25, 0.3) is 21.9 Å². The number of amides is 1. The van der Waals surface area contributed by atoms with Crippen molar-refractivity contribution in [1.82, 2.24) is 10.3 Å². The average Bonchev–Trinajstić information content (AvgIpc) is 2.86. The summed E-state index contributed by atoms with van der Waals surface area (Å²) >= 11 is 6.12. The van der Waals surface area contributed by atoms with Crippen LogP contribution < -0.4 is 15.8 Å². The number of ether oxygens (including phenoxy) is 1. The number of hydrogen-bond acceptors (Lipinski definition) is 7. The molecule has 1 aromatic heterocycles. The lowest BCUT2D eigenvalue weighted by Crippen LogP contribution is -2.54. The molecule has 12 heteroatoms. The van der Waals surface area contributed by atoms with Gasteiger partial charge in [0.15, 0.2) is 0 Å². The summed E-state index contributed by atoms with van der Waals surface area (Å²) in [7, 11) is -4.59. The summed E-state index contributed by atoms with van der Waals surface area (Å²) in [5.41, 5.74) is 4.01. The van der Waals surface area contributed by atoms with E-state index in [1.54, 1.807) is 30.3 Å². The number of nitrogens with one attached hydrogen (secondary N) is 1. The quantitative estimate of drug-likeness (QED) is 0.142. The Labute approximate surface area is 216 Å². The van der Waals surface area contributed by atoms with E-state index in [0.717, 1.165) is 0 Å². The topological polar surface area (TPSA) is 152 Å². The lowest BCUT2D eigenvalue weighted by atomic mass is 10.0. The van der Waals surface area contributed by atoms with E-state index in [9.17, 15) is 27.3 Å². The predicted molar refractivity (Wildman–Crippen MR) is 135 cm³/mol. The van der Waals surface area contributed by atoms with Crippen LogP contribution in [0.3, 0.4) is 0 Å². The van der Waals surface area contributed by atoms with Gasteiger partial charge in [-0.05, 0) is 48.0 Å². The van der Waals surface area contributed by atoms with E-state index >= 15 is 0 Å². The Morgan fingerprint density at radius 2 is 1.84 bits per heavy atom. The van der Waals surface area contributed by atoms with Crippen LogP contribution in [0.5, 0.6) is 5.75 Å². The van der Waals surface area contributed by atoms with Crippen molar-refractivity contribution < 1.29 is 32.0 Å². The fourth-order valence-electron chi connectivity index (χ4n) is 3.86. The van der Waals surface area contributed by atoms with Crippen LogP contribution in [0.4, 0.5) is 4.39 Å². The molecule has 0 radical (unpaired) electrons. The minimum atomic E-state index is -4.59. The Morgan fingerprint density at radius 3 is 2.51 bits per heavy atom. The average molecular weight is 546 g/mol. The minimum absolute atomic E-state index is 0.0397. The first kappa shape index (κ1) is 26.5. The number of rotatable bonds is 9. The highest BCUT2D eigenvalue weighted by atomic mass is 35.5. The van der Waals surface area contributed by atoms with Gasteiger partial charge in [0, 0.05) is 34.1 Å². The van der Waals surface area contributed by atoms with Gasteiger partial charge >= 0.3 is 0 Å². The fraction of sp³-hybridized carbons (Fsp3) is 0.120. The molecule has 192 valence electrons. The summed E-state index contributed by atoms with van der Waals surface area (Å²) in [6.07, 6.45) is 1.18. The van der Waals surface area contributed by atoms with Crippen LogP contribution in [0.2, 0.25) is 5.02 Å². The second kappa shape index (κ2) is 10.4. The Kier molecular flexibility index (Phi) is 7.44. The molecule has 4 rings (SSSR count). The zero-order chi connectivity index (χ0) is 26.8. The van der Waals surface area contributed by atoms with Crippen molar-refractivity contribution >= 4 is 38.4 Å².